The van der Waals surface area contributed by atoms with E-state index in [0.717, 1.165) is 0 Å². The van der Waals surface area contributed by atoms with Gasteiger partial charge >= 0.3 is 31.3 Å². The second-order valence-electron chi connectivity index (χ2n) is 5.16. The molecule has 9 atom stereocenters. The number of hydrogen-bond acceptors (Lipinski definition) is 13. The van der Waals surface area contributed by atoms with E-state index in [-0.39, 0.29) is 0 Å². The van der Waals surface area contributed by atoms with Crippen molar-refractivity contribution in [3.05, 3.63) is 0 Å². The molecular weight excluding hydrogens is 484 g/mol. The quantitative estimate of drug-likeness (QED) is 0.145. The fraction of sp³-hybridized carbons (Fsp3) is 1.00. The monoisotopic (exact) mass is 500 g/mol. The number of aliphatic hydroxyl groups excluding tert-OH is 5. The van der Waals surface area contributed by atoms with Crippen molar-refractivity contribution in [2.75, 3.05) is 0 Å². The van der Waals surface area contributed by atoms with Crippen LogP contribution in [0.5, 0.6) is 0 Å². The highest BCUT2D eigenvalue weighted by Crippen LogP contribution is 2.71. The van der Waals surface area contributed by atoms with E-state index in [0.29, 0.717) is 0 Å². The highest BCUT2D eigenvalue weighted by Gasteiger charge is 2.53. The molecule has 1 fully saturated rings. The Bertz CT molecular complexity index is 728. The molecule has 0 aromatic rings. The number of hydrogen-bond donors (Lipinski definition) is 10. The van der Waals surface area contributed by atoms with Gasteiger partial charge in [-0.2, -0.15) is 12.9 Å². The third kappa shape index (κ3) is 7.56. The summed E-state index contributed by atoms with van der Waals surface area (Å²) in [6.07, 6.45) is -13.6. The van der Waals surface area contributed by atoms with Crippen molar-refractivity contribution in [1.82, 2.24) is 0 Å². The van der Waals surface area contributed by atoms with Crippen LogP contribution >= 0.6 is 31.3 Å². The van der Waals surface area contributed by atoms with Gasteiger partial charge in [0, 0.05) is 0 Å². The Hall–Kier alpha value is 0.360. The van der Waals surface area contributed by atoms with Crippen LogP contribution in [0.2, 0.25) is 0 Å². The Morgan fingerprint density at radius 2 is 0.821 bits per heavy atom. The van der Waals surface area contributed by atoms with Crippen molar-refractivity contribution in [2.24, 2.45) is 0 Å². The predicted octanol–water partition coefficient (Wildman–Crippen LogP) is -3.37. The average Bonchev–Trinajstić information content (AvgIpc) is 2.42. The van der Waals surface area contributed by atoms with Crippen LogP contribution in [-0.2, 0) is 35.7 Å². The van der Waals surface area contributed by atoms with E-state index < -0.39 is 67.9 Å². The average molecular weight is 500 g/mol. The molecule has 0 spiro atoms. The SMILES string of the molecule is O=P(O)(O)OP(=O)(O)OP(=O)(O)OP(=O)(O)O[C@@H]1[C@@H](O)[C@H](O)[C@@H](O)[C@H](O)[C@@H]1O. The molecular formula is C6H16O18P4. The smallest absolute Gasteiger partial charge is 0.387 e. The highest BCUT2D eigenvalue weighted by atomic mass is 31.3. The Kier molecular flexibility index (Phi) is 8.34. The molecule has 0 radical (unpaired) electrons. The second kappa shape index (κ2) is 8.85. The molecule has 0 heterocycles. The maximum Gasteiger partial charge on any atom is 0.490 e. The first-order valence-corrected chi connectivity index (χ1v) is 12.6. The summed E-state index contributed by atoms with van der Waals surface area (Å²) >= 11 is 0. The third-order valence-electron chi connectivity index (χ3n) is 2.95. The van der Waals surface area contributed by atoms with Crippen LogP contribution in [-0.4, -0.2) is 86.6 Å². The molecule has 3 unspecified atom stereocenters. The first-order chi connectivity index (χ1) is 12.3. The molecule has 18 nitrogen and oxygen atoms in total. The van der Waals surface area contributed by atoms with Crippen LogP contribution in [0.4, 0.5) is 0 Å². The van der Waals surface area contributed by atoms with Gasteiger partial charge in [-0.3, -0.25) is 4.52 Å². The van der Waals surface area contributed by atoms with Crippen LogP contribution < -0.4 is 0 Å². The van der Waals surface area contributed by atoms with Gasteiger partial charge in [-0.15, -0.1) is 0 Å². The standard InChI is InChI=1S/C6H16O18P4/c7-1-2(8)4(10)6(5(11)3(1)9)21-26(15,16)23-28(19,20)24-27(17,18)22-25(12,13)14/h1-11H,(H,15,16)(H,17,18)(H,19,20)(H2,12,13,14)/t1-,2-,3+,4-,5-,6-/m0/s1. The summed E-state index contributed by atoms with van der Waals surface area (Å²) < 4.78 is 59.0. The maximum absolute atomic E-state index is 11.7. The van der Waals surface area contributed by atoms with Crippen LogP contribution in [0.1, 0.15) is 0 Å². The Labute approximate surface area is 154 Å². The second-order valence-corrected chi connectivity index (χ2v) is 11.1. The zero-order valence-electron chi connectivity index (χ0n) is 13.0. The maximum atomic E-state index is 11.7. The van der Waals surface area contributed by atoms with Crippen molar-refractivity contribution in [2.45, 2.75) is 36.6 Å². The molecule has 10 N–H and O–H groups in total. The van der Waals surface area contributed by atoms with Gasteiger partial charge < -0.3 is 50.0 Å². The third-order valence-corrected chi connectivity index (χ3v) is 8.44. The number of phosphoric ester groups is 1. The largest absolute Gasteiger partial charge is 0.490 e. The van der Waals surface area contributed by atoms with Crippen molar-refractivity contribution in [3.63, 3.8) is 0 Å². The lowest BCUT2D eigenvalue weighted by atomic mass is 9.85. The molecule has 0 saturated heterocycles. The van der Waals surface area contributed by atoms with Gasteiger partial charge in [-0.25, -0.2) is 18.3 Å². The molecule has 0 aromatic heterocycles. The summed E-state index contributed by atoms with van der Waals surface area (Å²) in [6, 6.07) is 0. The number of rotatable bonds is 8. The molecule has 1 saturated carbocycles. The summed E-state index contributed by atoms with van der Waals surface area (Å²) in [5.41, 5.74) is 0. The molecule has 1 aliphatic carbocycles. The topological polar surface area (TPSA) is 308 Å². The lowest BCUT2D eigenvalue weighted by Crippen LogP contribution is -2.64. The van der Waals surface area contributed by atoms with Crippen LogP contribution in [0.15, 0.2) is 0 Å². The van der Waals surface area contributed by atoms with Gasteiger partial charge in [0.1, 0.15) is 36.6 Å². The van der Waals surface area contributed by atoms with Crippen molar-refractivity contribution >= 4 is 31.3 Å². The lowest BCUT2D eigenvalue weighted by molar-refractivity contribution is -0.219. The number of phosphoric acid groups is 4. The Morgan fingerprint density at radius 1 is 0.500 bits per heavy atom. The summed E-state index contributed by atoms with van der Waals surface area (Å²) in [7, 11) is -23.8. The van der Waals surface area contributed by atoms with E-state index >= 15 is 0 Å². The Balaban J connectivity index is 2.92. The molecule has 0 amide bonds. The van der Waals surface area contributed by atoms with E-state index in [4.69, 9.17) is 19.6 Å². The minimum atomic E-state index is -6.13. The molecule has 1 aliphatic rings. The lowest BCUT2D eigenvalue weighted by Gasteiger charge is -2.41. The normalized spacial score (nSPS) is 38.2. The van der Waals surface area contributed by atoms with Crippen molar-refractivity contribution in [1.29, 1.82) is 0 Å². The zero-order chi connectivity index (χ0) is 22.3. The molecule has 168 valence electrons. The first kappa shape index (κ1) is 26.4. The van der Waals surface area contributed by atoms with E-state index in [2.05, 4.69) is 17.5 Å². The van der Waals surface area contributed by atoms with Crippen molar-refractivity contribution in [3.8, 4) is 0 Å². The van der Waals surface area contributed by atoms with Crippen molar-refractivity contribution < 1.29 is 85.7 Å². The minimum Gasteiger partial charge on any atom is -0.387 e. The zero-order valence-corrected chi connectivity index (χ0v) is 16.6. The predicted molar refractivity (Wildman–Crippen MR) is 79.7 cm³/mol. The summed E-state index contributed by atoms with van der Waals surface area (Å²) in [5.74, 6) is 0. The molecule has 0 aromatic carbocycles. The van der Waals surface area contributed by atoms with E-state index in [1.807, 2.05) is 0 Å². The van der Waals surface area contributed by atoms with E-state index in [9.17, 15) is 48.7 Å². The van der Waals surface area contributed by atoms with E-state index in [1.165, 1.54) is 0 Å². The number of aliphatic hydroxyl groups is 5. The molecule has 0 bridgehead atoms. The van der Waals surface area contributed by atoms with E-state index in [1.54, 1.807) is 0 Å². The summed E-state index contributed by atoms with van der Waals surface area (Å²) in [6.45, 7) is 0. The van der Waals surface area contributed by atoms with Gasteiger partial charge in [-0.05, 0) is 0 Å². The van der Waals surface area contributed by atoms with Gasteiger partial charge in [0.15, 0.2) is 0 Å². The fourth-order valence-corrected chi connectivity index (χ4v) is 6.57. The van der Waals surface area contributed by atoms with Crippen LogP contribution in [0, 0.1) is 0 Å². The molecule has 22 heteroatoms. The first-order valence-electron chi connectivity index (χ1n) is 6.54. The van der Waals surface area contributed by atoms with Gasteiger partial charge in [-0.1, -0.05) is 0 Å². The molecule has 0 aliphatic heterocycles. The fourth-order valence-electron chi connectivity index (χ4n) is 1.92. The summed E-state index contributed by atoms with van der Waals surface area (Å²) in [5, 5.41) is 47.5. The highest BCUT2D eigenvalue weighted by molar-refractivity contribution is 7.69. The van der Waals surface area contributed by atoms with Crippen LogP contribution in [0.3, 0.4) is 0 Å². The minimum absolute atomic E-state index is 2.11. The molecule has 28 heavy (non-hydrogen) atoms. The van der Waals surface area contributed by atoms with Crippen LogP contribution in [0.25, 0.3) is 0 Å². The summed E-state index contributed by atoms with van der Waals surface area (Å²) in [4.78, 5) is 44.1. The Morgan fingerprint density at radius 3 is 1.21 bits per heavy atom. The van der Waals surface area contributed by atoms with Gasteiger partial charge in [0.05, 0.1) is 0 Å². The van der Waals surface area contributed by atoms with Gasteiger partial charge in [0.25, 0.3) is 0 Å². The van der Waals surface area contributed by atoms with Gasteiger partial charge in [0.2, 0.25) is 0 Å². The molecule has 1 rings (SSSR count).